The topological polar surface area (TPSA) is 54.0 Å². The zero-order valence-corrected chi connectivity index (χ0v) is 17.7. The molecule has 2 aromatic heterocycles. The van der Waals surface area contributed by atoms with E-state index in [0.717, 1.165) is 73.7 Å². The molecule has 3 heterocycles. The van der Waals surface area contributed by atoms with Crippen molar-refractivity contribution in [1.82, 2.24) is 19.9 Å². The number of H-pyrrole nitrogens is 1. The molecule has 0 unspecified atom stereocenters. The maximum Gasteiger partial charge on any atom is 0.139 e. The molecule has 6 heteroatoms. The van der Waals surface area contributed by atoms with Gasteiger partial charge in [-0.15, -0.1) is 0 Å². The number of nitrogens with zero attached hydrogens (tertiary/aromatic N) is 3. The van der Waals surface area contributed by atoms with E-state index in [1.807, 2.05) is 12.1 Å². The number of nitrogens with one attached hydrogen (secondary N) is 1. The molecule has 5 nitrogen and oxygen atoms in total. The highest BCUT2D eigenvalue weighted by atomic mass is 19.1. The molecule has 0 amide bonds. The average Bonchev–Trinajstić information content (AvgIpc) is 3.23. The van der Waals surface area contributed by atoms with Crippen molar-refractivity contribution in [2.24, 2.45) is 0 Å². The van der Waals surface area contributed by atoms with Gasteiger partial charge in [0.1, 0.15) is 17.2 Å². The van der Waals surface area contributed by atoms with Crippen LogP contribution in [0, 0.1) is 5.82 Å². The summed E-state index contributed by atoms with van der Waals surface area (Å²) >= 11 is 0. The van der Waals surface area contributed by atoms with E-state index in [-0.39, 0.29) is 5.82 Å². The number of unbranched alkanes of at least 4 members (excludes halogenated alkanes) is 1. The van der Waals surface area contributed by atoms with Gasteiger partial charge in [-0.3, -0.25) is 4.98 Å². The molecule has 1 aliphatic rings. The molecule has 1 saturated heterocycles. The fourth-order valence-corrected chi connectivity index (χ4v) is 3.97. The fourth-order valence-electron chi connectivity index (χ4n) is 3.97. The number of pyridine rings is 1. The number of hydrogen-bond donors (Lipinski definition) is 1. The van der Waals surface area contributed by atoms with E-state index in [1.165, 1.54) is 12.1 Å². The Morgan fingerprint density at radius 3 is 2.43 bits per heavy atom. The minimum absolute atomic E-state index is 0.255. The first-order valence-electron chi connectivity index (χ1n) is 10.7. The lowest BCUT2D eigenvalue weighted by molar-refractivity contribution is -0.0930. The molecule has 4 rings (SSSR count). The van der Waals surface area contributed by atoms with Crippen molar-refractivity contribution in [2.45, 2.75) is 38.2 Å². The largest absolute Gasteiger partial charge is 0.367 e. The Kier molecular flexibility index (Phi) is 6.25. The summed E-state index contributed by atoms with van der Waals surface area (Å²) in [6, 6.07) is 10.4. The minimum atomic E-state index is -0.429. The average molecular weight is 409 g/mol. The van der Waals surface area contributed by atoms with Crippen LogP contribution in [-0.2, 0) is 10.3 Å². The van der Waals surface area contributed by atoms with E-state index >= 15 is 0 Å². The molecule has 0 spiro atoms. The first-order chi connectivity index (χ1) is 14.6. The predicted molar refractivity (Wildman–Crippen MR) is 116 cm³/mol. The quantitative estimate of drug-likeness (QED) is 0.558. The summed E-state index contributed by atoms with van der Waals surface area (Å²) < 4.78 is 20.0. The fraction of sp³-hybridized carbons (Fsp3) is 0.417. The third-order valence-electron chi connectivity index (χ3n) is 5.89. The first-order valence-corrected chi connectivity index (χ1v) is 10.7. The Bertz CT molecular complexity index is 947. The van der Waals surface area contributed by atoms with Gasteiger partial charge < -0.3 is 14.6 Å². The summed E-state index contributed by atoms with van der Waals surface area (Å²) in [6.07, 6.45) is 7.44. The first kappa shape index (κ1) is 20.7. The summed E-state index contributed by atoms with van der Waals surface area (Å²) in [4.78, 5) is 15.1. The van der Waals surface area contributed by atoms with E-state index in [4.69, 9.17) is 9.72 Å². The van der Waals surface area contributed by atoms with Crippen molar-refractivity contribution in [2.75, 3.05) is 26.7 Å². The van der Waals surface area contributed by atoms with Crippen molar-refractivity contribution < 1.29 is 9.13 Å². The van der Waals surface area contributed by atoms with E-state index < -0.39 is 5.60 Å². The lowest BCUT2D eigenvalue weighted by Crippen LogP contribution is -2.43. The second-order valence-electron chi connectivity index (χ2n) is 8.05. The van der Waals surface area contributed by atoms with Gasteiger partial charge in [0.25, 0.3) is 0 Å². The molecule has 0 saturated carbocycles. The third-order valence-corrected chi connectivity index (χ3v) is 5.89. The van der Waals surface area contributed by atoms with Crippen LogP contribution in [0.1, 0.15) is 38.4 Å². The lowest BCUT2D eigenvalue weighted by Gasteiger charge is -2.39. The van der Waals surface area contributed by atoms with Crippen molar-refractivity contribution in [1.29, 1.82) is 0 Å². The van der Waals surface area contributed by atoms with Crippen LogP contribution in [0.15, 0.2) is 48.8 Å². The van der Waals surface area contributed by atoms with E-state index in [2.05, 4.69) is 28.8 Å². The zero-order chi connectivity index (χ0) is 21.0. The number of ether oxygens (including phenoxy) is 1. The molecule has 3 aromatic rings. The minimum Gasteiger partial charge on any atom is -0.367 e. The van der Waals surface area contributed by atoms with Crippen molar-refractivity contribution >= 4 is 0 Å². The summed E-state index contributed by atoms with van der Waals surface area (Å²) in [5.41, 5.74) is 3.17. The van der Waals surface area contributed by atoms with Gasteiger partial charge in [-0.1, -0.05) is 13.3 Å². The number of rotatable bonds is 7. The zero-order valence-electron chi connectivity index (χ0n) is 17.7. The van der Waals surface area contributed by atoms with Crippen LogP contribution in [0.5, 0.6) is 0 Å². The van der Waals surface area contributed by atoms with Crippen LogP contribution in [-0.4, -0.2) is 46.6 Å². The molecule has 158 valence electrons. The Morgan fingerprint density at radius 1 is 1.07 bits per heavy atom. The maximum absolute atomic E-state index is 13.5. The molecule has 1 aliphatic heterocycles. The van der Waals surface area contributed by atoms with Gasteiger partial charge in [0.05, 0.1) is 11.4 Å². The maximum atomic E-state index is 13.5. The number of piperidine rings is 1. The SMILES string of the molecule is CCCCOC1(c2nc(-c3ccc(F)cc3)c(-c3ccncc3)[nH]2)CCN(C)CC1. The van der Waals surface area contributed by atoms with Gasteiger partial charge in [-0.25, -0.2) is 9.37 Å². The number of halogens is 1. The van der Waals surface area contributed by atoms with E-state index in [9.17, 15) is 4.39 Å². The smallest absolute Gasteiger partial charge is 0.139 e. The van der Waals surface area contributed by atoms with Crippen LogP contribution in [0.25, 0.3) is 22.5 Å². The van der Waals surface area contributed by atoms with Crippen molar-refractivity contribution in [3.05, 3.63) is 60.4 Å². The monoisotopic (exact) mass is 408 g/mol. The van der Waals surface area contributed by atoms with Gasteiger partial charge in [-0.2, -0.15) is 0 Å². The molecule has 1 aromatic carbocycles. The molecule has 30 heavy (non-hydrogen) atoms. The highest BCUT2D eigenvalue weighted by Gasteiger charge is 2.40. The number of benzene rings is 1. The van der Waals surface area contributed by atoms with Gasteiger partial charge in [0.15, 0.2) is 0 Å². The molecular formula is C24H29FN4O. The summed E-state index contributed by atoms with van der Waals surface area (Å²) in [5.74, 6) is 0.604. The van der Waals surface area contributed by atoms with Crippen molar-refractivity contribution in [3.63, 3.8) is 0 Å². The van der Waals surface area contributed by atoms with Crippen LogP contribution >= 0.6 is 0 Å². The highest BCUT2D eigenvalue weighted by molar-refractivity contribution is 5.78. The van der Waals surface area contributed by atoms with E-state index in [1.54, 1.807) is 24.5 Å². The predicted octanol–water partition coefficient (Wildman–Crippen LogP) is 5.02. The second-order valence-corrected chi connectivity index (χ2v) is 8.05. The number of imidazole rings is 1. The van der Waals surface area contributed by atoms with Gasteiger partial charge in [-0.05, 0) is 62.7 Å². The second kappa shape index (κ2) is 9.06. The number of aromatic nitrogens is 3. The Morgan fingerprint density at radius 2 is 1.77 bits per heavy atom. The number of aromatic amines is 1. The summed E-state index contributed by atoms with van der Waals surface area (Å²) in [7, 11) is 2.14. The molecule has 0 aliphatic carbocycles. The van der Waals surface area contributed by atoms with Gasteiger partial charge >= 0.3 is 0 Å². The highest BCUT2D eigenvalue weighted by Crippen LogP contribution is 2.39. The lowest BCUT2D eigenvalue weighted by atomic mass is 9.90. The Balaban J connectivity index is 1.79. The standard InChI is InChI=1S/C24H29FN4O/c1-3-4-17-30-24(11-15-29(2)16-12-24)23-27-21(18-5-7-20(25)8-6-18)22(28-23)19-9-13-26-14-10-19/h5-10,13-14H,3-4,11-12,15-17H2,1-2H3,(H,27,28). The normalized spacial score (nSPS) is 16.6. The number of hydrogen-bond acceptors (Lipinski definition) is 4. The molecular weight excluding hydrogens is 379 g/mol. The summed E-state index contributed by atoms with van der Waals surface area (Å²) in [5, 5.41) is 0. The summed E-state index contributed by atoms with van der Waals surface area (Å²) in [6.45, 7) is 4.82. The molecule has 0 atom stereocenters. The Labute approximate surface area is 177 Å². The van der Waals surface area contributed by atoms with Gasteiger partial charge in [0.2, 0.25) is 0 Å². The number of likely N-dealkylation sites (tertiary alicyclic amines) is 1. The molecule has 0 radical (unpaired) electrons. The van der Waals surface area contributed by atoms with Crippen molar-refractivity contribution in [3.8, 4) is 22.5 Å². The van der Waals surface area contributed by atoms with Crippen LogP contribution in [0.3, 0.4) is 0 Å². The molecule has 1 fully saturated rings. The van der Waals surface area contributed by atoms with Crippen LogP contribution < -0.4 is 0 Å². The van der Waals surface area contributed by atoms with E-state index in [0.29, 0.717) is 0 Å². The third kappa shape index (κ3) is 4.30. The van der Waals surface area contributed by atoms with Crippen LogP contribution in [0.2, 0.25) is 0 Å². The molecule has 1 N–H and O–H groups in total. The van der Waals surface area contributed by atoms with Gasteiger partial charge in [0, 0.05) is 43.2 Å². The van der Waals surface area contributed by atoms with Crippen LogP contribution in [0.4, 0.5) is 4.39 Å². The molecule has 0 bridgehead atoms. The Hall–Kier alpha value is -2.57.